The highest BCUT2D eigenvalue weighted by atomic mass is 32.1. The largest absolute Gasteiger partial charge is 0.381 e. The lowest BCUT2D eigenvalue weighted by molar-refractivity contribution is 0.0996. The molecule has 1 aromatic rings. The fourth-order valence-electron chi connectivity index (χ4n) is 1.32. The number of rotatable bonds is 2. The van der Waals surface area contributed by atoms with Crippen molar-refractivity contribution in [3.05, 3.63) is 16.1 Å². The van der Waals surface area contributed by atoms with E-state index in [4.69, 9.17) is 10.5 Å². The lowest BCUT2D eigenvalue weighted by Crippen LogP contribution is -2.11. The van der Waals surface area contributed by atoms with E-state index in [1.807, 2.05) is 0 Å². The maximum Gasteiger partial charge on any atom is 0.268 e. The van der Waals surface area contributed by atoms with Crippen molar-refractivity contribution in [2.24, 2.45) is 5.73 Å². The Kier molecular flexibility index (Phi) is 2.28. The number of thiazole rings is 1. The molecule has 0 spiro atoms. The van der Waals surface area contributed by atoms with Crippen LogP contribution in [0, 0.1) is 0 Å². The van der Waals surface area contributed by atoms with Crippen LogP contribution in [0.15, 0.2) is 5.38 Å². The molecule has 4 nitrogen and oxygen atoms in total. The molecule has 13 heavy (non-hydrogen) atoms. The van der Waals surface area contributed by atoms with Crippen LogP contribution < -0.4 is 5.73 Å². The molecule has 5 heteroatoms. The minimum atomic E-state index is -0.457. The van der Waals surface area contributed by atoms with Crippen molar-refractivity contribution in [2.75, 3.05) is 13.2 Å². The van der Waals surface area contributed by atoms with Crippen molar-refractivity contribution >= 4 is 17.2 Å². The number of aromatic nitrogens is 1. The van der Waals surface area contributed by atoms with Gasteiger partial charge in [-0.05, 0) is 6.42 Å². The van der Waals surface area contributed by atoms with E-state index in [0.29, 0.717) is 18.2 Å². The molecule has 0 aliphatic carbocycles. The zero-order valence-corrected chi connectivity index (χ0v) is 7.84. The third kappa shape index (κ3) is 1.71. The SMILES string of the molecule is NC(=O)c1csc([C@@H]2CCOC2)n1. The molecule has 1 aromatic heterocycles. The van der Waals surface area contributed by atoms with Gasteiger partial charge < -0.3 is 10.5 Å². The van der Waals surface area contributed by atoms with Crippen LogP contribution in [0.25, 0.3) is 0 Å². The van der Waals surface area contributed by atoms with Gasteiger partial charge in [-0.25, -0.2) is 4.98 Å². The normalized spacial score (nSPS) is 22.0. The molecule has 1 saturated heterocycles. The monoisotopic (exact) mass is 198 g/mol. The van der Waals surface area contributed by atoms with Gasteiger partial charge in [0.25, 0.3) is 5.91 Å². The van der Waals surface area contributed by atoms with Crippen LogP contribution >= 0.6 is 11.3 Å². The van der Waals surface area contributed by atoms with Crippen molar-refractivity contribution in [3.63, 3.8) is 0 Å². The molecule has 2 heterocycles. The first-order valence-corrected chi connectivity index (χ1v) is 4.98. The van der Waals surface area contributed by atoms with Crippen LogP contribution in [0.3, 0.4) is 0 Å². The summed E-state index contributed by atoms with van der Waals surface area (Å²) in [4.78, 5) is 14.9. The summed E-state index contributed by atoms with van der Waals surface area (Å²) in [7, 11) is 0. The van der Waals surface area contributed by atoms with Gasteiger partial charge in [-0.3, -0.25) is 4.79 Å². The summed E-state index contributed by atoms with van der Waals surface area (Å²) < 4.78 is 5.23. The molecule has 70 valence electrons. The summed E-state index contributed by atoms with van der Waals surface area (Å²) in [5.41, 5.74) is 5.47. The van der Waals surface area contributed by atoms with E-state index < -0.39 is 5.91 Å². The van der Waals surface area contributed by atoms with Gasteiger partial charge in [-0.2, -0.15) is 0 Å². The van der Waals surface area contributed by atoms with E-state index in [0.717, 1.165) is 18.0 Å². The number of hydrogen-bond acceptors (Lipinski definition) is 4. The second kappa shape index (κ2) is 3.43. The minimum Gasteiger partial charge on any atom is -0.381 e. The maximum atomic E-state index is 10.8. The van der Waals surface area contributed by atoms with Crippen molar-refractivity contribution < 1.29 is 9.53 Å². The Hall–Kier alpha value is -0.940. The molecular formula is C8H10N2O2S. The van der Waals surface area contributed by atoms with Crippen molar-refractivity contribution in [2.45, 2.75) is 12.3 Å². The summed E-state index contributed by atoms with van der Waals surface area (Å²) in [6.45, 7) is 1.50. The third-order valence-corrected chi connectivity index (χ3v) is 3.06. The van der Waals surface area contributed by atoms with Crippen molar-refractivity contribution in [1.82, 2.24) is 4.98 Å². The summed E-state index contributed by atoms with van der Waals surface area (Å²) in [5, 5.41) is 2.67. The fraction of sp³-hybridized carbons (Fsp3) is 0.500. The molecule has 0 aromatic carbocycles. The number of hydrogen-bond donors (Lipinski definition) is 1. The lowest BCUT2D eigenvalue weighted by atomic mass is 10.1. The van der Waals surface area contributed by atoms with Gasteiger partial charge in [0, 0.05) is 17.9 Å². The van der Waals surface area contributed by atoms with Gasteiger partial charge >= 0.3 is 0 Å². The van der Waals surface area contributed by atoms with E-state index in [1.165, 1.54) is 11.3 Å². The first-order chi connectivity index (χ1) is 6.27. The molecule has 1 fully saturated rings. The second-order valence-electron chi connectivity index (χ2n) is 3.00. The van der Waals surface area contributed by atoms with Crippen LogP contribution in [-0.2, 0) is 4.74 Å². The first kappa shape index (κ1) is 8.65. The van der Waals surface area contributed by atoms with E-state index in [-0.39, 0.29) is 0 Å². The van der Waals surface area contributed by atoms with Gasteiger partial charge in [0.2, 0.25) is 0 Å². The van der Waals surface area contributed by atoms with Crippen LogP contribution in [0.4, 0.5) is 0 Å². The van der Waals surface area contributed by atoms with Crippen molar-refractivity contribution in [1.29, 1.82) is 0 Å². The molecule has 1 aliphatic heterocycles. The van der Waals surface area contributed by atoms with Gasteiger partial charge in [0.1, 0.15) is 5.69 Å². The first-order valence-electron chi connectivity index (χ1n) is 4.10. The Morgan fingerprint density at radius 3 is 3.15 bits per heavy atom. The van der Waals surface area contributed by atoms with Gasteiger partial charge in [-0.15, -0.1) is 11.3 Å². The van der Waals surface area contributed by atoms with Crippen LogP contribution in [-0.4, -0.2) is 24.1 Å². The molecule has 0 unspecified atom stereocenters. The van der Waals surface area contributed by atoms with Crippen LogP contribution in [0.1, 0.15) is 27.8 Å². The average molecular weight is 198 g/mol. The van der Waals surface area contributed by atoms with Gasteiger partial charge in [-0.1, -0.05) is 0 Å². The number of nitrogens with zero attached hydrogens (tertiary/aromatic N) is 1. The highest BCUT2D eigenvalue weighted by Crippen LogP contribution is 2.27. The summed E-state index contributed by atoms with van der Waals surface area (Å²) in [6, 6.07) is 0. The van der Waals surface area contributed by atoms with Crippen LogP contribution in [0.2, 0.25) is 0 Å². The Morgan fingerprint density at radius 2 is 2.62 bits per heavy atom. The Morgan fingerprint density at radius 1 is 1.77 bits per heavy atom. The number of carbonyl (C=O) groups is 1. The number of nitrogens with two attached hydrogens (primary N) is 1. The Bertz CT molecular complexity index is 318. The summed E-state index contributed by atoms with van der Waals surface area (Å²) >= 11 is 1.48. The molecule has 2 rings (SSSR count). The quantitative estimate of drug-likeness (QED) is 0.762. The van der Waals surface area contributed by atoms with Crippen LogP contribution in [0.5, 0.6) is 0 Å². The molecule has 0 radical (unpaired) electrons. The van der Waals surface area contributed by atoms with E-state index >= 15 is 0 Å². The van der Waals surface area contributed by atoms with E-state index in [9.17, 15) is 4.79 Å². The number of carbonyl (C=O) groups excluding carboxylic acids is 1. The highest BCUT2D eigenvalue weighted by molar-refractivity contribution is 7.09. The predicted molar refractivity (Wildman–Crippen MR) is 48.8 cm³/mol. The molecule has 1 aliphatic rings. The molecule has 0 saturated carbocycles. The fourth-order valence-corrected chi connectivity index (χ4v) is 2.25. The number of ether oxygens (including phenoxy) is 1. The van der Waals surface area contributed by atoms with E-state index in [2.05, 4.69) is 4.98 Å². The smallest absolute Gasteiger partial charge is 0.268 e. The third-order valence-electron chi connectivity index (χ3n) is 2.05. The molecule has 1 atom stereocenters. The molecular weight excluding hydrogens is 188 g/mol. The van der Waals surface area contributed by atoms with Crippen molar-refractivity contribution in [3.8, 4) is 0 Å². The standard InChI is InChI=1S/C8H10N2O2S/c9-7(11)6-4-13-8(10-6)5-1-2-12-3-5/h4-5H,1-3H2,(H2,9,11)/t5-/m1/s1. The molecule has 2 N–H and O–H groups in total. The predicted octanol–water partition coefficient (Wildman–Crippen LogP) is 0.746. The van der Waals surface area contributed by atoms with Gasteiger partial charge in [0.05, 0.1) is 11.6 Å². The van der Waals surface area contributed by atoms with E-state index in [1.54, 1.807) is 5.38 Å². The second-order valence-corrected chi connectivity index (χ2v) is 3.89. The average Bonchev–Trinajstić information content (AvgIpc) is 2.75. The Labute approximate surface area is 79.7 Å². The number of amides is 1. The molecule has 1 amide bonds. The lowest BCUT2D eigenvalue weighted by Gasteiger charge is -2.00. The number of primary amides is 1. The zero-order chi connectivity index (χ0) is 9.26. The highest BCUT2D eigenvalue weighted by Gasteiger charge is 2.21. The minimum absolute atomic E-state index is 0.359. The zero-order valence-electron chi connectivity index (χ0n) is 7.03. The Balaban J connectivity index is 2.16. The maximum absolute atomic E-state index is 10.8. The topological polar surface area (TPSA) is 65.2 Å². The molecule has 0 bridgehead atoms. The summed E-state index contributed by atoms with van der Waals surface area (Å²) in [6.07, 6.45) is 0.992. The van der Waals surface area contributed by atoms with Gasteiger partial charge in [0.15, 0.2) is 0 Å². The summed E-state index contributed by atoms with van der Waals surface area (Å²) in [5.74, 6) is -0.0977.